The summed E-state index contributed by atoms with van der Waals surface area (Å²) in [5.74, 6) is -0.945. The highest BCUT2D eigenvalue weighted by atomic mass is 35.5. The average Bonchev–Trinajstić information content (AvgIpc) is 2.76. The summed E-state index contributed by atoms with van der Waals surface area (Å²) in [4.78, 5) is 36.3. The standard InChI is InChI=1S/C23H26ClN3O5/c1-4-31-20(28)14-32-19-10-8-16(9-11-19)13-25-27-23(30)21(15(2)3)26-22(29)17-6-5-7-18(24)12-17/h5-13,15,21H,4,14H2,1-3H3,(H,26,29)(H,27,30). The largest absolute Gasteiger partial charge is 0.482 e. The van der Waals surface area contributed by atoms with Crippen LogP contribution in [0.2, 0.25) is 5.02 Å². The first kappa shape index (κ1) is 24.9. The van der Waals surface area contributed by atoms with Crippen molar-refractivity contribution < 1.29 is 23.9 Å². The lowest BCUT2D eigenvalue weighted by Crippen LogP contribution is -2.48. The lowest BCUT2D eigenvalue weighted by molar-refractivity contribution is -0.145. The van der Waals surface area contributed by atoms with Gasteiger partial charge in [-0.25, -0.2) is 10.2 Å². The molecule has 2 aromatic carbocycles. The smallest absolute Gasteiger partial charge is 0.344 e. The zero-order chi connectivity index (χ0) is 23.5. The number of nitrogens with zero attached hydrogens (tertiary/aromatic N) is 1. The monoisotopic (exact) mass is 459 g/mol. The van der Waals surface area contributed by atoms with Crippen LogP contribution in [0.4, 0.5) is 0 Å². The molecule has 2 amide bonds. The SMILES string of the molecule is CCOC(=O)COc1ccc(C=NNC(=O)C(NC(=O)c2cccc(Cl)c2)C(C)C)cc1. The molecule has 0 aromatic heterocycles. The van der Waals surface area contributed by atoms with E-state index in [1.165, 1.54) is 12.3 Å². The van der Waals surface area contributed by atoms with Crippen LogP contribution in [0.1, 0.15) is 36.7 Å². The number of amides is 2. The summed E-state index contributed by atoms with van der Waals surface area (Å²) in [6.07, 6.45) is 1.46. The van der Waals surface area contributed by atoms with Crippen LogP contribution in [0, 0.1) is 5.92 Å². The Bertz CT molecular complexity index is 960. The van der Waals surface area contributed by atoms with Crippen molar-refractivity contribution in [1.82, 2.24) is 10.7 Å². The number of nitrogens with one attached hydrogen (secondary N) is 2. The maximum absolute atomic E-state index is 12.5. The first-order chi connectivity index (χ1) is 15.3. The number of carbonyl (C=O) groups excluding carboxylic acids is 3. The minimum absolute atomic E-state index is 0.163. The Morgan fingerprint density at radius 2 is 1.84 bits per heavy atom. The third-order valence-corrected chi connectivity index (χ3v) is 4.49. The van der Waals surface area contributed by atoms with Gasteiger partial charge in [-0.05, 0) is 60.9 Å². The van der Waals surface area contributed by atoms with Gasteiger partial charge in [-0.2, -0.15) is 5.10 Å². The van der Waals surface area contributed by atoms with Gasteiger partial charge >= 0.3 is 5.97 Å². The van der Waals surface area contributed by atoms with Crippen LogP contribution in [0.3, 0.4) is 0 Å². The fourth-order valence-electron chi connectivity index (χ4n) is 2.62. The quantitative estimate of drug-likeness (QED) is 0.322. The van der Waals surface area contributed by atoms with E-state index in [0.717, 1.165) is 0 Å². The zero-order valence-corrected chi connectivity index (χ0v) is 18.9. The molecule has 0 bridgehead atoms. The molecule has 1 atom stereocenters. The molecule has 32 heavy (non-hydrogen) atoms. The van der Waals surface area contributed by atoms with E-state index in [1.54, 1.807) is 49.4 Å². The number of hydrazone groups is 1. The summed E-state index contributed by atoms with van der Waals surface area (Å²) >= 11 is 5.92. The van der Waals surface area contributed by atoms with Crippen LogP contribution in [-0.4, -0.2) is 43.3 Å². The van der Waals surface area contributed by atoms with E-state index in [-0.39, 0.29) is 12.5 Å². The highest BCUT2D eigenvalue weighted by Gasteiger charge is 2.24. The number of carbonyl (C=O) groups is 3. The number of hydrogen-bond donors (Lipinski definition) is 2. The Labute approximate surface area is 191 Å². The molecule has 0 aliphatic heterocycles. The lowest BCUT2D eigenvalue weighted by Gasteiger charge is -2.20. The van der Waals surface area contributed by atoms with Crippen LogP contribution < -0.4 is 15.5 Å². The van der Waals surface area contributed by atoms with E-state index < -0.39 is 23.8 Å². The number of rotatable bonds is 10. The van der Waals surface area contributed by atoms with Crippen molar-refractivity contribution in [1.29, 1.82) is 0 Å². The van der Waals surface area contributed by atoms with Gasteiger partial charge in [-0.15, -0.1) is 0 Å². The first-order valence-corrected chi connectivity index (χ1v) is 10.5. The first-order valence-electron chi connectivity index (χ1n) is 10.1. The Balaban J connectivity index is 1.90. The lowest BCUT2D eigenvalue weighted by atomic mass is 10.0. The topological polar surface area (TPSA) is 106 Å². The van der Waals surface area contributed by atoms with Gasteiger partial charge in [0.2, 0.25) is 0 Å². The molecule has 0 spiro atoms. The van der Waals surface area contributed by atoms with Crippen LogP contribution in [0.5, 0.6) is 5.75 Å². The highest BCUT2D eigenvalue weighted by Crippen LogP contribution is 2.12. The number of esters is 1. The van der Waals surface area contributed by atoms with E-state index >= 15 is 0 Å². The molecular formula is C23H26ClN3O5. The maximum atomic E-state index is 12.5. The molecule has 0 heterocycles. The van der Waals surface area contributed by atoms with Crippen molar-refractivity contribution in [3.8, 4) is 5.75 Å². The number of benzene rings is 2. The minimum Gasteiger partial charge on any atom is -0.482 e. The van der Waals surface area contributed by atoms with E-state index in [4.69, 9.17) is 21.1 Å². The van der Waals surface area contributed by atoms with E-state index in [0.29, 0.717) is 28.5 Å². The molecular weight excluding hydrogens is 434 g/mol. The molecule has 0 aliphatic rings. The van der Waals surface area contributed by atoms with Crippen molar-refractivity contribution in [2.75, 3.05) is 13.2 Å². The number of halogens is 1. The number of hydrogen-bond acceptors (Lipinski definition) is 6. The van der Waals surface area contributed by atoms with Gasteiger partial charge in [0.15, 0.2) is 6.61 Å². The van der Waals surface area contributed by atoms with Gasteiger partial charge in [0, 0.05) is 10.6 Å². The van der Waals surface area contributed by atoms with Gasteiger partial charge < -0.3 is 14.8 Å². The third kappa shape index (κ3) is 8.03. The van der Waals surface area contributed by atoms with Gasteiger partial charge in [0.1, 0.15) is 11.8 Å². The fraction of sp³-hybridized carbons (Fsp3) is 0.304. The molecule has 2 rings (SSSR count). The van der Waals surface area contributed by atoms with Gasteiger partial charge in [0.05, 0.1) is 12.8 Å². The predicted molar refractivity (Wildman–Crippen MR) is 122 cm³/mol. The zero-order valence-electron chi connectivity index (χ0n) is 18.1. The summed E-state index contributed by atoms with van der Waals surface area (Å²) in [5.41, 5.74) is 3.52. The Morgan fingerprint density at radius 1 is 1.12 bits per heavy atom. The highest BCUT2D eigenvalue weighted by molar-refractivity contribution is 6.31. The maximum Gasteiger partial charge on any atom is 0.344 e. The molecule has 8 nitrogen and oxygen atoms in total. The molecule has 0 saturated carbocycles. The van der Waals surface area contributed by atoms with Crippen molar-refractivity contribution in [2.45, 2.75) is 26.8 Å². The van der Waals surface area contributed by atoms with E-state index in [2.05, 4.69) is 15.8 Å². The summed E-state index contributed by atoms with van der Waals surface area (Å²) in [6.45, 7) is 5.49. The molecule has 0 aliphatic carbocycles. The molecule has 0 saturated heterocycles. The molecule has 2 aromatic rings. The normalized spacial score (nSPS) is 11.8. The second kappa shape index (κ2) is 12.5. The Morgan fingerprint density at radius 3 is 2.47 bits per heavy atom. The second-order valence-electron chi connectivity index (χ2n) is 7.10. The van der Waals surface area contributed by atoms with Gasteiger partial charge in [0.25, 0.3) is 11.8 Å². The van der Waals surface area contributed by atoms with Crippen molar-refractivity contribution in [2.24, 2.45) is 11.0 Å². The molecule has 9 heteroatoms. The Hall–Kier alpha value is -3.39. The average molecular weight is 460 g/mol. The molecule has 0 radical (unpaired) electrons. The summed E-state index contributed by atoms with van der Waals surface area (Å²) in [7, 11) is 0. The fourth-order valence-corrected chi connectivity index (χ4v) is 2.81. The third-order valence-electron chi connectivity index (χ3n) is 4.25. The van der Waals surface area contributed by atoms with Crippen LogP contribution in [0.15, 0.2) is 53.6 Å². The van der Waals surface area contributed by atoms with Crippen LogP contribution in [0.25, 0.3) is 0 Å². The Kier molecular flexibility index (Phi) is 9.69. The van der Waals surface area contributed by atoms with Crippen molar-refractivity contribution in [3.63, 3.8) is 0 Å². The molecule has 0 fully saturated rings. The van der Waals surface area contributed by atoms with Gasteiger partial charge in [-0.3, -0.25) is 9.59 Å². The van der Waals surface area contributed by atoms with Crippen LogP contribution in [-0.2, 0) is 14.3 Å². The van der Waals surface area contributed by atoms with E-state index in [1.807, 2.05) is 13.8 Å². The van der Waals surface area contributed by atoms with Crippen molar-refractivity contribution >= 4 is 35.6 Å². The molecule has 2 N–H and O–H groups in total. The number of ether oxygens (including phenoxy) is 2. The van der Waals surface area contributed by atoms with Gasteiger partial charge in [-0.1, -0.05) is 31.5 Å². The summed E-state index contributed by atoms with van der Waals surface area (Å²) in [5, 5.41) is 7.10. The minimum atomic E-state index is -0.780. The van der Waals surface area contributed by atoms with E-state index in [9.17, 15) is 14.4 Å². The molecule has 170 valence electrons. The van der Waals surface area contributed by atoms with Crippen molar-refractivity contribution in [3.05, 3.63) is 64.7 Å². The summed E-state index contributed by atoms with van der Waals surface area (Å²) < 4.78 is 10.1. The predicted octanol–water partition coefficient (Wildman–Crippen LogP) is 3.19. The van der Waals surface area contributed by atoms with Crippen LogP contribution >= 0.6 is 11.6 Å². The molecule has 1 unspecified atom stereocenters. The second-order valence-corrected chi connectivity index (χ2v) is 7.54. The summed E-state index contributed by atoms with van der Waals surface area (Å²) in [6, 6.07) is 12.5.